The van der Waals surface area contributed by atoms with Gasteiger partial charge in [-0.25, -0.2) is 0 Å². The minimum absolute atomic E-state index is 0.000648. The van der Waals surface area contributed by atoms with Gasteiger partial charge in [-0.1, -0.05) is 0 Å². The minimum Gasteiger partial charge on any atom is -0.468 e. The standard InChI is InChI=1S/C10H10O4/c1-7(12)4-9(13)5-10-8(6-11)2-3-14-10/h2-3,6H,4-5H2,1H3. The molecule has 0 radical (unpaired) electrons. The van der Waals surface area contributed by atoms with E-state index < -0.39 is 0 Å². The number of aldehydes is 1. The third kappa shape index (κ3) is 2.65. The van der Waals surface area contributed by atoms with Gasteiger partial charge in [-0.05, 0) is 13.0 Å². The molecule has 1 aromatic heterocycles. The van der Waals surface area contributed by atoms with Crippen molar-refractivity contribution in [1.82, 2.24) is 0 Å². The SMILES string of the molecule is CC(=O)CC(=O)Cc1occc1C=O. The van der Waals surface area contributed by atoms with E-state index in [1.807, 2.05) is 0 Å². The molecular weight excluding hydrogens is 184 g/mol. The van der Waals surface area contributed by atoms with Crippen LogP contribution in [0.3, 0.4) is 0 Å². The average Bonchev–Trinajstić information content (AvgIpc) is 2.50. The van der Waals surface area contributed by atoms with E-state index in [1.165, 1.54) is 19.3 Å². The second kappa shape index (κ2) is 4.50. The van der Waals surface area contributed by atoms with Crippen molar-refractivity contribution >= 4 is 17.9 Å². The molecule has 1 rings (SSSR count). The highest BCUT2D eigenvalue weighted by atomic mass is 16.3. The van der Waals surface area contributed by atoms with Crippen LogP contribution in [-0.2, 0) is 16.0 Å². The lowest BCUT2D eigenvalue weighted by atomic mass is 10.1. The molecule has 0 bridgehead atoms. The summed E-state index contributed by atoms with van der Waals surface area (Å²) in [5, 5.41) is 0. The van der Waals surface area contributed by atoms with Gasteiger partial charge >= 0.3 is 0 Å². The Bertz CT molecular complexity index is 362. The van der Waals surface area contributed by atoms with Crippen molar-refractivity contribution in [2.75, 3.05) is 0 Å². The summed E-state index contributed by atoms with van der Waals surface area (Å²) in [6.07, 6.45) is 1.86. The van der Waals surface area contributed by atoms with E-state index in [4.69, 9.17) is 4.42 Å². The van der Waals surface area contributed by atoms with Crippen LogP contribution in [-0.4, -0.2) is 17.9 Å². The largest absolute Gasteiger partial charge is 0.468 e. The molecule has 4 nitrogen and oxygen atoms in total. The maximum absolute atomic E-state index is 11.2. The number of rotatable bonds is 5. The van der Waals surface area contributed by atoms with Gasteiger partial charge in [-0.3, -0.25) is 14.4 Å². The van der Waals surface area contributed by atoms with E-state index >= 15 is 0 Å². The number of hydrogen-bond donors (Lipinski definition) is 0. The average molecular weight is 194 g/mol. The zero-order chi connectivity index (χ0) is 10.6. The Morgan fingerprint density at radius 2 is 2.21 bits per heavy atom. The summed E-state index contributed by atoms with van der Waals surface area (Å²) >= 11 is 0. The minimum atomic E-state index is -0.240. The zero-order valence-corrected chi connectivity index (χ0v) is 7.78. The van der Waals surface area contributed by atoms with Gasteiger partial charge in [-0.15, -0.1) is 0 Å². The molecule has 0 saturated carbocycles. The Morgan fingerprint density at radius 3 is 2.79 bits per heavy atom. The van der Waals surface area contributed by atoms with E-state index in [-0.39, 0.29) is 24.4 Å². The van der Waals surface area contributed by atoms with Gasteiger partial charge in [0, 0.05) is 0 Å². The van der Waals surface area contributed by atoms with Crippen molar-refractivity contribution < 1.29 is 18.8 Å². The predicted octanol–water partition coefficient (Wildman–Crippen LogP) is 1.18. The lowest BCUT2D eigenvalue weighted by Gasteiger charge is -1.95. The van der Waals surface area contributed by atoms with Gasteiger partial charge in [0.25, 0.3) is 0 Å². The Balaban J connectivity index is 2.64. The molecule has 74 valence electrons. The first kappa shape index (κ1) is 10.4. The molecule has 0 atom stereocenters. The molecule has 0 amide bonds. The van der Waals surface area contributed by atoms with Crippen molar-refractivity contribution in [2.45, 2.75) is 19.8 Å². The van der Waals surface area contributed by atoms with Gasteiger partial charge in [0.1, 0.15) is 17.3 Å². The molecule has 0 N–H and O–H groups in total. The molecule has 0 aliphatic carbocycles. The molecule has 1 heterocycles. The van der Waals surface area contributed by atoms with E-state index in [0.29, 0.717) is 17.6 Å². The fourth-order valence-corrected chi connectivity index (χ4v) is 1.12. The summed E-state index contributed by atoms with van der Waals surface area (Å²) in [6, 6.07) is 1.49. The van der Waals surface area contributed by atoms with Gasteiger partial charge in [0.15, 0.2) is 6.29 Å². The van der Waals surface area contributed by atoms with E-state index in [1.54, 1.807) is 0 Å². The highest BCUT2D eigenvalue weighted by Crippen LogP contribution is 2.09. The predicted molar refractivity (Wildman–Crippen MR) is 48.1 cm³/mol. The first-order valence-corrected chi connectivity index (χ1v) is 4.16. The van der Waals surface area contributed by atoms with E-state index in [0.717, 1.165) is 0 Å². The number of hydrogen-bond acceptors (Lipinski definition) is 4. The van der Waals surface area contributed by atoms with Crippen LogP contribution in [0.2, 0.25) is 0 Å². The molecule has 0 aliphatic rings. The molecular formula is C10H10O4. The third-order valence-corrected chi connectivity index (χ3v) is 1.71. The van der Waals surface area contributed by atoms with Crippen LogP contribution in [0.4, 0.5) is 0 Å². The highest BCUT2D eigenvalue weighted by Gasteiger charge is 2.12. The lowest BCUT2D eigenvalue weighted by Crippen LogP contribution is -2.07. The van der Waals surface area contributed by atoms with Gasteiger partial charge < -0.3 is 4.42 Å². The molecule has 4 heteroatoms. The number of furan rings is 1. The van der Waals surface area contributed by atoms with Crippen molar-refractivity contribution in [3.8, 4) is 0 Å². The molecule has 1 aromatic rings. The smallest absolute Gasteiger partial charge is 0.153 e. The van der Waals surface area contributed by atoms with Crippen molar-refractivity contribution in [3.63, 3.8) is 0 Å². The summed E-state index contributed by atoms with van der Waals surface area (Å²) in [4.78, 5) is 32.3. The quantitative estimate of drug-likeness (QED) is 0.521. The first-order chi connectivity index (χ1) is 6.63. The van der Waals surface area contributed by atoms with Gasteiger partial charge in [0.2, 0.25) is 0 Å². The van der Waals surface area contributed by atoms with E-state index in [2.05, 4.69) is 0 Å². The van der Waals surface area contributed by atoms with Crippen LogP contribution in [0.25, 0.3) is 0 Å². The Morgan fingerprint density at radius 1 is 1.50 bits per heavy atom. The molecule has 14 heavy (non-hydrogen) atoms. The monoisotopic (exact) mass is 194 g/mol. The van der Waals surface area contributed by atoms with Crippen LogP contribution >= 0.6 is 0 Å². The first-order valence-electron chi connectivity index (χ1n) is 4.16. The van der Waals surface area contributed by atoms with Crippen molar-refractivity contribution in [1.29, 1.82) is 0 Å². The number of carbonyl (C=O) groups is 3. The van der Waals surface area contributed by atoms with Crippen molar-refractivity contribution in [2.24, 2.45) is 0 Å². The summed E-state index contributed by atoms with van der Waals surface area (Å²) in [7, 11) is 0. The number of Topliss-reactive ketones (excluding diaryl/α,β-unsaturated/α-hetero) is 2. The maximum Gasteiger partial charge on any atom is 0.153 e. The molecule has 0 fully saturated rings. The highest BCUT2D eigenvalue weighted by molar-refractivity contribution is 5.99. The van der Waals surface area contributed by atoms with Crippen LogP contribution in [0.5, 0.6) is 0 Å². The Labute approximate surface area is 80.9 Å². The number of carbonyl (C=O) groups excluding carboxylic acids is 3. The second-order valence-corrected chi connectivity index (χ2v) is 3.01. The summed E-state index contributed by atoms with van der Waals surface area (Å²) in [6.45, 7) is 1.35. The van der Waals surface area contributed by atoms with Crippen LogP contribution in [0, 0.1) is 0 Å². The third-order valence-electron chi connectivity index (χ3n) is 1.71. The summed E-state index contributed by atoms with van der Waals surface area (Å²) < 4.78 is 4.94. The van der Waals surface area contributed by atoms with Gasteiger partial charge in [0.05, 0.1) is 24.7 Å². The maximum atomic E-state index is 11.2. The Hall–Kier alpha value is -1.71. The van der Waals surface area contributed by atoms with E-state index in [9.17, 15) is 14.4 Å². The van der Waals surface area contributed by atoms with Crippen molar-refractivity contribution in [3.05, 3.63) is 23.7 Å². The van der Waals surface area contributed by atoms with Gasteiger partial charge in [-0.2, -0.15) is 0 Å². The number of ketones is 2. The molecule has 0 spiro atoms. The molecule has 0 unspecified atom stereocenters. The zero-order valence-electron chi connectivity index (χ0n) is 7.78. The topological polar surface area (TPSA) is 64.3 Å². The lowest BCUT2D eigenvalue weighted by molar-refractivity contribution is -0.125. The fourth-order valence-electron chi connectivity index (χ4n) is 1.12. The molecule has 0 aliphatic heterocycles. The Kier molecular flexibility index (Phi) is 3.34. The van der Waals surface area contributed by atoms with Crippen LogP contribution < -0.4 is 0 Å². The van der Waals surface area contributed by atoms with Crippen LogP contribution in [0.1, 0.15) is 29.5 Å². The fraction of sp³-hybridized carbons (Fsp3) is 0.300. The summed E-state index contributed by atoms with van der Waals surface area (Å²) in [5.74, 6) is -0.101. The normalized spacial score (nSPS) is 9.79. The second-order valence-electron chi connectivity index (χ2n) is 3.01. The summed E-state index contributed by atoms with van der Waals surface area (Å²) in [5.41, 5.74) is 0.363. The molecule has 0 saturated heterocycles. The molecule has 0 aromatic carbocycles. The van der Waals surface area contributed by atoms with Crippen LogP contribution in [0.15, 0.2) is 16.7 Å².